The van der Waals surface area contributed by atoms with E-state index in [9.17, 15) is 4.79 Å². The lowest BCUT2D eigenvalue weighted by molar-refractivity contribution is -0.115. The average molecular weight is 262 g/mol. The molecule has 0 spiro atoms. The number of amides is 1. The molecule has 2 aromatic rings. The molecule has 1 aromatic heterocycles. The van der Waals surface area contributed by atoms with Crippen molar-refractivity contribution in [3.8, 4) is 10.4 Å². The van der Waals surface area contributed by atoms with Crippen LogP contribution in [0.4, 0.5) is 5.82 Å². The third kappa shape index (κ3) is 1.85. The Labute approximate surface area is 107 Å². The lowest BCUT2D eigenvalue weighted by Crippen LogP contribution is -2.12. The first-order valence-electron chi connectivity index (χ1n) is 5.21. The first kappa shape index (κ1) is 10.8. The van der Waals surface area contributed by atoms with E-state index in [1.807, 2.05) is 24.5 Å². The summed E-state index contributed by atoms with van der Waals surface area (Å²) in [5.74, 6) is 0.712. The van der Waals surface area contributed by atoms with Gasteiger partial charge in [0, 0.05) is 0 Å². The van der Waals surface area contributed by atoms with Crippen LogP contribution in [-0.2, 0) is 11.2 Å². The number of thioether (sulfide) groups is 1. The Bertz CT molecular complexity index is 592. The van der Waals surface area contributed by atoms with Gasteiger partial charge in [-0.05, 0) is 17.4 Å². The monoisotopic (exact) mass is 262 g/mol. The van der Waals surface area contributed by atoms with Crippen molar-refractivity contribution in [1.82, 2.24) is 4.98 Å². The molecule has 5 heteroatoms. The molecule has 3 rings (SSSR count). The normalized spacial score (nSPS) is 13.6. The molecule has 0 radical (unpaired) electrons. The van der Waals surface area contributed by atoms with Crippen LogP contribution < -0.4 is 5.32 Å². The van der Waals surface area contributed by atoms with Crippen LogP contribution >= 0.6 is 23.1 Å². The number of benzene rings is 1. The van der Waals surface area contributed by atoms with Crippen molar-refractivity contribution in [3.63, 3.8) is 0 Å². The summed E-state index contributed by atoms with van der Waals surface area (Å²) in [5, 5.41) is 2.87. The van der Waals surface area contributed by atoms with E-state index in [4.69, 9.17) is 0 Å². The number of anilines is 1. The molecule has 0 bridgehead atoms. The molecule has 0 atom stereocenters. The summed E-state index contributed by atoms with van der Waals surface area (Å²) in [7, 11) is 0. The molecule has 1 N–H and O–H groups in total. The van der Waals surface area contributed by atoms with Crippen molar-refractivity contribution in [2.24, 2.45) is 0 Å². The minimum absolute atomic E-state index is 0.00848. The zero-order chi connectivity index (χ0) is 11.8. The first-order valence-corrected chi connectivity index (χ1v) is 7.25. The summed E-state index contributed by atoms with van der Waals surface area (Å²) < 4.78 is 0.979. The molecule has 0 saturated heterocycles. The van der Waals surface area contributed by atoms with E-state index in [0.717, 1.165) is 20.3 Å². The smallest absolute Gasteiger partial charge is 0.230 e. The summed E-state index contributed by atoms with van der Waals surface area (Å²) >= 11 is 3.23. The van der Waals surface area contributed by atoms with E-state index < -0.39 is 0 Å². The Morgan fingerprint density at radius 3 is 3.06 bits per heavy atom. The molecular formula is C12H10N2OS2. The fraction of sp³-hybridized carbons (Fsp3) is 0.167. The molecule has 0 saturated carbocycles. The molecule has 2 heterocycles. The topological polar surface area (TPSA) is 42.0 Å². The molecule has 0 unspecified atom stereocenters. The fourth-order valence-corrected chi connectivity index (χ4v) is 3.48. The minimum atomic E-state index is 0.00848. The van der Waals surface area contributed by atoms with Crippen LogP contribution in [0.3, 0.4) is 0 Å². The van der Waals surface area contributed by atoms with Gasteiger partial charge in [-0.15, -0.1) is 11.3 Å². The molecule has 1 aliphatic heterocycles. The minimum Gasteiger partial charge on any atom is -0.309 e. The van der Waals surface area contributed by atoms with Gasteiger partial charge < -0.3 is 5.32 Å². The first-order chi connectivity index (χ1) is 8.28. The van der Waals surface area contributed by atoms with Crippen molar-refractivity contribution in [2.45, 2.75) is 10.8 Å². The van der Waals surface area contributed by atoms with E-state index in [2.05, 4.69) is 16.4 Å². The van der Waals surface area contributed by atoms with Gasteiger partial charge in [0.25, 0.3) is 0 Å². The average Bonchev–Trinajstić information content (AvgIpc) is 2.67. The number of carbonyl (C=O) groups excluding carboxylic acids is 1. The van der Waals surface area contributed by atoms with Gasteiger partial charge >= 0.3 is 0 Å². The van der Waals surface area contributed by atoms with Gasteiger partial charge in [-0.25, -0.2) is 4.98 Å². The highest BCUT2D eigenvalue weighted by Gasteiger charge is 2.22. The number of fused-ring (bicyclic) bond motifs is 3. The molecule has 17 heavy (non-hydrogen) atoms. The van der Waals surface area contributed by atoms with Gasteiger partial charge in [0.15, 0.2) is 10.2 Å². The summed E-state index contributed by atoms with van der Waals surface area (Å²) in [6, 6.07) is 8.02. The molecule has 1 amide bonds. The highest BCUT2D eigenvalue weighted by atomic mass is 32.2. The Morgan fingerprint density at radius 2 is 2.24 bits per heavy atom. The van der Waals surface area contributed by atoms with E-state index in [1.54, 1.807) is 23.1 Å². The van der Waals surface area contributed by atoms with Crippen molar-refractivity contribution >= 4 is 34.8 Å². The number of hydrogen-bond donors (Lipinski definition) is 1. The van der Waals surface area contributed by atoms with Crippen LogP contribution in [0.1, 0.15) is 5.56 Å². The predicted molar refractivity (Wildman–Crippen MR) is 71.7 cm³/mol. The summed E-state index contributed by atoms with van der Waals surface area (Å²) in [5.41, 5.74) is 2.19. The SMILES string of the molecule is CSc1nc2c(s1)-c1ccccc1CC(=O)N2. The number of nitrogens with one attached hydrogen (secondary N) is 1. The zero-order valence-corrected chi connectivity index (χ0v) is 10.8. The van der Waals surface area contributed by atoms with Crippen LogP contribution in [-0.4, -0.2) is 17.1 Å². The summed E-state index contributed by atoms with van der Waals surface area (Å²) in [4.78, 5) is 17.2. The fourth-order valence-electron chi connectivity index (χ4n) is 1.90. The third-order valence-electron chi connectivity index (χ3n) is 2.65. The highest BCUT2D eigenvalue weighted by molar-refractivity contribution is 8.00. The molecule has 1 aromatic carbocycles. The molecule has 0 fully saturated rings. The van der Waals surface area contributed by atoms with Crippen LogP contribution in [0.2, 0.25) is 0 Å². The second kappa shape index (κ2) is 4.16. The number of thiazole rings is 1. The molecule has 86 valence electrons. The third-order valence-corrected chi connectivity index (χ3v) is 4.73. The van der Waals surface area contributed by atoms with E-state index in [-0.39, 0.29) is 5.91 Å². The summed E-state index contributed by atoms with van der Waals surface area (Å²) in [6.45, 7) is 0. The van der Waals surface area contributed by atoms with Crippen LogP contribution in [0.15, 0.2) is 28.6 Å². The van der Waals surface area contributed by atoms with Crippen molar-refractivity contribution in [1.29, 1.82) is 0 Å². The van der Waals surface area contributed by atoms with Crippen LogP contribution in [0.25, 0.3) is 10.4 Å². The second-order valence-electron chi connectivity index (χ2n) is 3.74. The summed E-state index contributed by atoms with van der Waals surface area (Å²) in [6.07, 6.45) is 2.42. The zero-order valence-electron chi connectivity index (χ0n) is 9.19. The van der Waals surface area contributed by atoms with E-state index in [1.165, 1.54) is 0 Å². The number of hydrogen-bond acceptors (Lipinski definition) is 4. The van der Waals surface area contributed by atoms with E-state index in [0.29, 0.717) is 12.2 Å². The van der Waals surface area contributed by atoms with Gasteiger partial charge in [-0.3, -0.25) is 4.79 Å². The Morgan fingerprint density at radius 1 is 1.41 bits per heavy atom. The van der Waals surface area contributed by atoms with Crippen LogP contribution in [0, 0.1) is 0 Å². The Hall–Kier alpha value is -1.33. The maximum Gasteiger partial charge on any atom is 0.230 e. The van der Waals surface area contributed by atoms with Gasteiger partial charge in [0.2, 0.25) is 5.91 Å². The predicted octanol–water partition coefficient (Wildman–Crippen LogP) is 3.03. The van der Waals surface area contributed by atoms with Gasteiger partial charge in [-0.2, -0.15) is 0 Å². The Balaban J connectivity index is 2.24. The number of carbonyl (C=O) groups is 1. The van der Waals surface area contributed by atoms with Gasteiger partial charge in [0.1, 0.15) is 0 Å². The standard InChI is InChI=1S/C12H10N2OS2/c1-16-12-14-11-10(17-12)8-5-3-2-4-7(8)6-9(15)13-11/h2-5H,6H2,1H3,(H,13,15). The number of rotatable bonds is 1. The molecule has 1 aliphatic rings. The van der Waals surface area contributed by atoms with Crippen LogP contribution in [0.5, 0.6) is 0 Å². The maximum absolute atomic E-state index is 11.8. The molecular weight excluding hydrogens is 252 g/mol. The molecule has 0 aliphatic carbocycles. The lowest BCUT2D eigenvalue weighted by Gasteiger charge is -2.01. The quantitative estimate of drug-likeness (QED) is 0.803. The largest absolute Gasteiger partial charge is 0.309 e. The number of nitrogens with zero attached hydrogens (tertiary/aromatic N) is 1. The number of aromatic nitrogens is 1. The second-order valence-corrected chi connectivity index (χ2v) is 5.80. The lowest BCUT2D eigenvalue weighted by atomic mass is 10.0. The van der Waals surface area contributed by atoms with Gasteiger partial charge in [-0.1, -0.05) is 36.0 Å². The van der Waals surface area contributed by atoms with Crippen molar-refractivity contribution < 1.29 is 4.79 Å². The van der Waals surface area contributed by atoms with Crippen molar-refractivity contribution in [2.75, 3.05) is 11.6 Å². The van der Waals surface area contributed by atoms with Crippen molar-refractivity contribution in [3.05, 3.63) is 29.8 Å². The van der Waals surface area contributed by atoms with Gasteiger partial charge in [0.05, 0.1) is 11.3 Å². The molecule has 3 nitrogen and oxygen atoms in total. The highest BCUT2D eigenvalue weighted by Crippen LogP contribution is 2.40. The van der Waals surface area contributed by atoms with E-state index >= 15 is 0 Å². The maximum atomic E-state index is 11.8. The Kier molecular flexibility index (Phi) is 2.64.